The predicted molar refractivity (Wildman–Crippen MR) is 71.7 cm³/mol. The summed E-state index contributed by atoms with van der Waals surface area (Å²) in [5, 5.41) is 7.70. The van der Waals surface area contributed by atoms with Crippen molar-refractivity contribution in [3.8, 4) is 5.88 Å². The maximum Gasteiger partial charge on any atom is 0.233 e. The first-order valence-electron chi connectivity index (χ1n) is 6.70. The second kappa shape index (κ2) is 5.55. The average Bonchev–Trinajstić information content (AvgIpc) is 2.38. The molecule has 2 rings (SSSR count). The smallest absolute Gasteiger partial charge is 0.233 e. The van der Waals surface area contributed by atoms with Gasteiger partial charge in [0.1, 0.15) is 6.10 Å². The molecule has 1 saturated heterocycles. The van der Waals surface area contributed by atoms with Crippen LogP contribution < -0.4 is 4.74 Å². The lowest BCUT2D eigenvalue weighted by Crippen LogP contribution is -2.48. The van der Waals surface area contributed by atoms with E-state index in [9.17, 15) is 4.79 Å². The minimum absolute atomic E-state index is 0.0109. The summed E-state index contributed by atoms with van der Waals surface area (Å²) >= 11 is 0. The SMILES string of the molecule is CC(C)(C)C(=O)N1CCCC(Oc2cccnn2)C1. The van der Waals surface area contributed by atoms with Crippen LogP contribution in [0.4, 0.5) is 0 Å². The zero-order valence-electron chi connectivity index (χ0n) is 11.8. The van der Waals surface area contributed by atoms with E-state index in [0.717, 1.165) is 19.4 Å². The van der Waals surface area contributed by atoms with Crippen molar-refractivity contribution in [2.45, 2.75) is 39.7 Å². The predicted octanol–water partition coefficient (Wildman–Crippen LogP) is 1.89. The first-order valence-corrected chi connectivity index (χ1v) is 6.70. The van der Waals surface area contributed by atoms with Gasteiger partial charge in [0.15, 0.2) is 0 Å². The van der Waals surface area contributed by atoms with Gasteiger partial charge in [-0.1, -0.05) is 20.8 Å². The summed E-state index contributed by atoms with van der Waals surface area (Å²) in [4.78, 5) is 14.2. The van der Waals surface area contributed by atoms with Crippen molar-refractivity contribution >= 4 is 5.91 Å². The molecule has 0 aromatic carbocycles. The first kappa shape index (κ1) is 13.8. The lowest BCUT2D eigenvalue weighted by molar-refractivity contribution is -0.142. The quantitative estimate of drug-likeness (QED) is 0.817. The molecule has 0 N–H and O–H groups in total. The molecule has 5 heteroatoms. The number of aromatic nitrogens is 2. The van der Waals surface area contributed by atoms with E-state index in [1.165, 1.54) is 0 Å². The fourth-order valence-electron chi connectivity index (χ4n) is 2.21. The number of rotatable bonds is 2. The normalized spacial score (nSPS) is 20.2. The van der Waals surface area contributed by atoms with Gasteiger partial charge >= 0.3 is 0 Å². The van der Waals surface area contributed by atoms with Gasteiger partial charge in [-0.05, 0) is 18.9 Å². The number of ether oxygens (including phenoxy) is 1. The fraction of sp³-hybridized carbons (Fsp3) is 0.643. The molecule has 1 aromatic rings. The van der Waals surface area contributed by atoms with E-state index < -0.39 is 0 Å². The van der Waals surface area contributed by atoms with Gasteiger partial charge in [0, 0.05) is 24.2 Å². The summed E-state index contributed by atoms with van der Waals surface area (Å²) in [6, 6.07) is 3.58. The Morgan fingerprint density at radius 3 is 2.89 bits per heavy atom. The van der Waals surface area contributed by atoms with Gasteiger partial charge in [-0.15, -0.1) is 5.10 Å². The molecule has 0 bridgehead atoms. The highest BCUT2D eigenvalue weighted by Crippen LogP contribution is 2.22. The second-order valence-electron chi connectivity index (χ2n) is 5.95. The third-order valence-corrected chi connectivity index (χ3v) is 3.14. The van der Waals surface area contributed by atoms with E-state index in [1.54, 1.807) is 18.3 Å². The van der Waals surface area contributed by atoms with Crippen LogP contribution in [0.5, 0.6) is 5.88 Å². The lowest BCUT2D eigenvalue weighted by atomic mass is 9.93. The number of hydrogen-bond acceptors (Lipinski definition) is 4. The Kier molecular flexibility index (Phi) is 4.02. The molecule has 19 heavy (non-hydrogen) atoms. The Balaban J connectivity index is 1.96. The van der Waals surface area contributed by atoms with Crippen LogP contribution >= 0.6 is 0 Å². The number of hydrogen-bond donors (Lipinski definition) is 0. The number of carbonyl (C=O) groups excluding carboxylic acids is 1. The van der Waals surface area contributed by atoms with Crippen LogP contribution in [0.2, 0.25) is 0 Å². The van der Waals surface area contributed by atoms with Crippen LogP contribution in [-0.2, 0) is 4.79 Å². The number of nitrogens with zero attached hydrogens (tertiary/aromatic N) is 3. The Morgan fingerprint density at radius 1 is 1.47 bits per heavy atom. The molecule has 1 amide bonds. The minimum Gasteiger partial charge on any atom is -0.471 e. The molecule has 1 aromatic heterocycles. The van der Waals surface area contributed by atoms with Crippen LogP contribution in [0.3, 0.4) is 0 Å². The van der Waals surface area contributed by atoms with E-state index in [2.05, 4.69) is 10.2 Å². The van der Waals surface area contributed by atoms with Crippen LogP contribution in [0.15, 0.2) is 18.3 Å². The fourth-order valence-corrected chi connectivity index (χ4v) is 2.21. The number of likely N-dealkylation sites (tertiary alicyclic amines) is 1. The summed E-state index contributed by atoms with van der Waals surface area (Å²) in [7, 11) is 0. The standard InChI is InChI=1S/C14H21N3O2/c1-14(2,3)13(18)17-9-5-6-11(10-17)19-12-7-4-8-15-16-12/h4,7-8,11H,5-6,9-10H2,1-3H3. The van der Waals surface area contributed by atoms with Crippen LogP contribution in [0.1, 0.15) is 33.6 Å². The molecular weight excluding hydrogens is 242 g/mol. The van der Waals surface area contributed by atoms with Crippen molar-refractivity contribution in [3.63, 3.8) is 0 Å². The van der Waals surface area contributed by atoms with Crippen molar-refractivity contribution in [1.29, 1.82) is 0 Å². The van der Waals surface area contributed by atoms with Gasteiger partial charge in [0.05, 0.1) is 6.54 Å². The zero-order chi connectivity index (χ0) is 13.9. The number of piperidine rings is 1. The van der Waals surface area contributed by atoms with Gasteiger partial charge in [-0.3, -0.25) is 4.79 Å². The van der Waals surface area contributed by atoms with Crippen LogP contribution in [-0.4, -0.2) is 40.2 Å². The maximum atomic E-state index is 12.3. The highest BCUT2D eigenvalue weighted by molar-refractivity contribution is 5.81. The molecule has 0 saturated carbocycles. The average molecular weight is 263 g/mol. The zero-order valence-corrected chi connectivity index (χ0v) is 11.8. The van der Waals surface area contributed by atoms with Crippen molar-refractivity contribution in [3.05, 3.63) is 18.3 Å². The molecule has 1 atom stereocenters. The van der Waals surface area contributed by atoms with E-state index in [1.807, 2.05) is 25.7 Å². The molecule has 5 nitrogen and oxygen atoms in total. The largest absolute Gasteiger partial charge is 0.471 e. The Morgan fingerprint density at radius 2 is 2.26 bits per heavy atom. The molecule has 1 fully saturated rings. The van der Waals surface area contributed by atoms with E-state index in [-0.39, 0.29) is 17.4 Å². The summed E-state index contributed by atoms with van der Waals surface area (Å²) < 4.78 is 5.78. The molecule has 104 valence electrons. The van der Waals surface area contributed by atoms with Gasteiger partial charge in [-0.2, -0.15) is 5.10 Å². The monoisotopic (exact) mass is 263 g/mol. The van der Waals surface area contributed by atoms with Gasteiger partial charge < -0.3 is 9.64 Å². The molecule has 1 aliphatic rings. The van der Waals surface area contributed by atoms with Gasteiger partial charge in [-0.25, -0.2) is 0 Å². The molecule has 1 aliphatic heterocycles. The second-order valence-corrected chi connectivity index (χ2v) is 5.95. The summed E-state index contributed by atoms with van der Waals surface area (Å²) in [5.41, 5.74) is -0.339. The van der Waals surface area contributed by atoms with Crippen molar-refractivity contribution in [2.75, 3.05) is 13.1 Å². The molecule has 2 heterocycles. The van der Waals surface area contributed by atoms with Crippen molar-refractivity contribution in [1.82, 2.24) is 15.1 Å². The molecule has 0 aliphatic carbocycles. The van der Waals surface area contributed by atoms with Crippen LogP contribution in [0.25, 0.3) is 0 Å². The highest BCUT2D eigenvalue weighted by atomic mass is 16.5. The Labute approximate surface area is 114 Å². The van der Waals surface area contributed by atoms with Gasteiger partial charge in [0.25, 0.3) is 0 Å². The van der Waals surface area contributed by atoms with Crippen molar-refractivity contribution < 1.29 is 9.53 Å². The summed E-state index contributed by atoms with van der Waals surface area (Å²) in [5.74, 6) is 0.706. The van der Waals surface area contributed by atoms with Gasteiger partial charge in [0.2, 0.25) is 11.8 Å². The molecular formula is C14H21N3O2. The minimum atomic E-state index is -0.339. The van der Waals surface area contributed by atoms with Crippen molar-refractivity contribution in [2.24, 2.45) is 5.41 Å². The molecule has 0 spiro atoms. The molecule has 1 unspecified atom stereocenters. The van der Waals surface area contributed by atoms with Crippen LogP contribution in [0, 0.1) is 5.41 Å². The highest BCUT2D eigenvalue weighted by Gasteiger charge is 2.31. The Bertz CT molecular complexity index is 428. The summed E-state index contributed by atoms with van der Waals surface area (Å²) in [6.07, 6.45) is 3.54. The molecule has 0 radical (unpaired) electrons. The number of amides is 1. The Hall–Kier alpha value is -1.65. The third-order valence-electron chi connectivity index (χ3n) is 3.14. The number of carbonyl (C=O) groups is 1. The lowest BCUT2D eigenvalue weighted by Gasteiger charge is -2.36. The first-order chi connectivity index (χ1) is 8.97. The maximum absolute atomic E-state index is 12.3. The van der Waals surface area contributed by atoms with E-state index in [0.29, 0.717) is 12.4 Å². The van der Waals surface area contributed by atoms with E-state index >= 15 is 0 Å². The third kappa shape index (κ3) is 3.66. The topological polar surface area (TPSA) is 55.3 Å². The van der Waals surface area contributed by atoms with E-state index in [4.69, 9.17) is 4.74 Å². The summed E-state index contributed by atoms with van der Waals surface area (Å²) in [6.45, 7) is 7.29.